The van der Waals surface area contributed by atoms with Gasteiger partial charge in [-0.3, -0.25) is 0 Å². The molecule has 1 rings (SSSR count). The zero-order chi connectivity index (χ0) is 5.49. The summed E-state index contributed by atoms with van der Waals surface area (Å²) in [6.45, 7) is 0.665. The van der Waals surface area contributed by atoms with Gasteiger partial charge in [0.05, 0.1) is 6.61 Å². The van der Waals surface area contributed by atoms with Gasteiger partial charge in [0, 0.05) is 0 Å². The van der Waals surface area contributed by atoms with E-state index in [2.05, 4.69) is 15.9 Å². The van der Waals surface area contributed by atoms with E-state index < -0.39 is 3.24 Å². The molecule has 1 heterocycles. The SMILES string of the molecule is ClC(Cl)(Br)C1CO1. The van der Waals surface area contributed by atoms with Gasteiger partial charge in [-0.2, -0.15) is 0 Å². The van der Waals surface area contributed by atoms with Crippen molar-refractivity contribution in [3.05, 3.63) is 0 Å². The molecule has 0 aliphatic carbocycles. The Labute approximate surface area is 60.1 Å². The third-order valence-electron chi connectivity index (χ3n) is 0.698. The molecule has 7 heavy (non-hydrogen) atoms. The molecule has 0 aromatic carbocycles. The maximum atomic E-state index is 5.49. The van der Waals surface area contributed by atoms with Crippen molar-refractivity contribution >= 4 is 39.1 Å². The number of hydrogen-bond donors (Lipinski definition) is 0. The Balaban J connectivity index is 2.36. The third-order valence-corrected chi connectivity index (χ3v) is 1.70. The molecule has 0 amide bonds. The second kappa shape index (κ2) is 1.76. The first-order chi connectivity index (χ1) is 3.11. The third kappa shape index (κ3) is 1.76. The lowest BCUT2D eigenvalue weighted by atomic mass is 10.6. The summed E-state index contributed by atoms with van der Waals surface area (Å²) >= 11 is 14.0. The van der Waals surface area contributed by atoms with Crippen molar-refractivity contribution < 1.29 is 4.74 Å². The summed E-state index contributed by atoms with van der Waals surface area (Å²) < 4.78 is 3.91. The lowest BCUT2D eigenvalue weighted by molar-refractivity contribution is 0.414. The van der Waals surface area contributed by atoms with Crippen LogP contribution < -0.4 is 0 Å². The van der Waals surface area contributed by atoms with Gasteiger partial charge in [-0.1, -0.05) is 23.2 Å². The topological polar surface area (TPSA) is 12.5 Å². The summed E-state index contributed by atoms with van der Waals surface area (Å²) in [6.07, 6.45) is -0.00386. The molecular weight excluding hydrogens is 203 g/mol. The van der Waals surface area contributed by atoms with Crippen LogP contribution >= 0.6 is 39.1 Å². The lowest BCUT2D eigenvalue weighted by Crippen LogP contribution is -2.09. The van der Waals surface area contributed by atoms with Crippen LogP contribution in [0.3, 0.4) is 0 Å². The smallest absolute Gasteiger partial charge is 0.200 e. The second-order valence-corrected chi connectivity index (χ2v) is 4.91. The van der Waals surface area contributed by atoms with E-state index in [0.717, 1.165) is 0 Å². The molecule has 0 radical (unpaired) electrons. The number of rotatable bonds is 1. The van der Waals surface area contributed by atoms with Crippen molar-refractivity contribution in [3.8, 4) is 0 Å². The summed E-state index contributed by atoms with van der Waals surface area (Å²) in [6, 6.07) is 0. The highest BCUT2D eigenvalue weighted by Crippen LogP contribution is 2.40. The highest BCUT2D eigenvalue weighted by molar-refractivity contribution is 9.11. The Morgan fingerprint density at radius 3 is 2.14 bits per heavy atom. The van der Waals surface area contributed by atoms with E-state index >= 15 is 0 Å². The average Bonchev–Trinajstić information content (AvgIpc) is 1.99. The van der Waals surface area contributed by atoms with Crippen molar-refractivity contribution in [1.29, 1.82) is 0 Å². The minimum absolute atomic E-state index is 0.00386. The Morgan fingerprint density at radius 1 is 1.71 bits per heavy atom. The van der Waals surface area contributed by atoms with Gasteiger partial charge in [-0.05, 0) is 15.9 Å². The quantitative estimate of drug-likeness (QED) is 0.471. The van der Waals surface area contributed by atoms with Crippen LogP contribution in [0, 0.1) is 0 Å². The van der Waals surface area contributed by atoms with Gasteiger partial charge in [-0.15, -0.1) is 0 Å². The molecule has 1 aliphatic heterocycles. The zero-order valence-corrected chi connectivity index (χ0v) is 6.42. The maximum absolute atomic E-state index is 5.49. The summed E-state index contributed by atoms with van der Waals surface area (Å²) in [5, 5.41) is 0. The van der Waals surface area contributed by atoms with E-state index in [1.54, 1.807) is 0 Å². The van der Waals surface area contributed by atoms with E-state index in [9.17, 15) is 0 Å². The largest absolute Gasteiger partial charge is 0.369 e. The van der Waals surface area contributed by atoms with Gasteiger partial charge >= 0.3 is 0 Å². The second-order valence-electron chi connectivity index (χ2n) is 1.36. The van der Waals surface area contributed by atoms with E-state index in [1.807, 2.05) is 0 Å². The first kappa shape index (κ1) is 6.14. The summed E-state index contributed by atoms with van der Waals surface area (Å²) in [5.74, 6) is 0. The lowest BCUT2D eigenvalue weighted by Gasteiger charge is -2.03. The molecule has 4 heteroatoms. The van der Waals surface area contributed by atoms with Crippen LogP contribution in [0.2, 0.25) is 0 Å². The van der Waals surface area contributed by atoms with Crippen LogP contribution in [-0.2, 0) is 4.74 Å². The van der Waals surface area contributed by atoms with Crippen LogP contribution in [0.5, 0.6) is 0 Å². The van der Waals surface area contributed by atoms with E-state index in [-0.39, 0.29) is 6.10 Å². The molecule has 0 N–H and O–H groups in total. The summed E-state index contributed by atoms with van der Waals surface area (Å²) in [4.78, 5) is 0. The molecule has 1 atom stereocenters. The predicted octanol–water partition coefficient (Wildman–Crippen LogP) is 1.91. The molecule has 0 spiro atoms. The van der Waals surface area contributed by atoms with Gasteiger partial charge in [0.15, 0.2) is 3.24 Å². The molecule has 1 unspecified atom stereocenters. The molecule has 42 valence electrons. The minimum atomic E-state index is -0.854. The Morgan fingerprint density at radius 2 is 2.14 bits per heavy atom. The van der Waals surface area contributed by atoms with E-state index in [1.165, 1.54) is 0 Å². The number of epoxide rings is 1. The Hall–Kier alpha value is 1.02. The first-order valence-corrected chi connectivity index (χ1v) is 3.34. The molecule has 0 aromatic heterocycles. The fourth-order valence-electron chi connectivity index (χ4n) is 0.237. The van der Waals surface area contributed by atoms with E-state index in [4.69, 9.17) is 27.9 Å². The number of alkyl halides is 3. The average molecular weight is 206 g/mol. The number of halogens is 3. The van der Waals surface area contributed by atoms with Gasteiger partial charge in [0.25, 0.3) is 0 Å². The van der Waals surface area contributed by atoms with Crippen molar-refractivity contribution in [1.82, 2.24) is 0 Å². The molecule has 1 fully saturated rings. The van der Waals surface area contributed by atoms with Crippen LogP contribution in [0.15, 0.2) is 0 Å². The molecular formula is C3H3BrCl2O. The van der Waals surface area contributed by atoms with Crippen molar-refractivity contribution in [2.24, 2.45) is 0 Å². The van der Waals surface area contributed by atoms with Gasteiger partial charge < -0.3 is 4.74 Å². The molecule has 0 aromatic rings. The van der Waals surface area contributed by atoms with Crippen molar-refractivity contribution in [2.45, 2.75) is 9.35 Å². The predicted molar refractivity (Wildman–Crippen MR) is 33.1 cm³/mol. The number of hydrogen-bond acceptors (Lipinski definition) is 1. The van der Waals surface area contributed by atoms with Crippen molar-refractivity contribution in [2.75, 3.05) is 6.61 Å². The molecule has 0 saturated carbocycles. The van der Waals surface area contributed by atoms with Gasteiger partial charge in [0.1, 0.15) is 6.10 Å². The highest BCUT2D eigenvalue weighted by atomic mass is 79.9. The van der Waals surface area contributed by atoms with Gasteiger partial charge in [0.2, 0.25) is 0 Å². The zero-order valence-electron chi connectivity index (χ0n) is 3.33. The van der Waals surface area contributed by atoms with Crippen LogP contribution in [0.25, 0.3) is 0 Å². The number of ether oxygens (including phenoxy) is 1. The normalized spacial score (nSPS) is 30.4. The summed E-state index contributed by atoms with van der Waals surface area (Å²) in [7, 11) is 0. The fraction of sp³-hybridized carbons (Fsp3) is 1.00. The van der Waals surface area contributed by atoms with Crippen LogP contribution in [0.1, 0.15) is 0 Å². The Kier molecular flexibility index (Phi) is 1.55. The van der Waals surface area contributed by atoms with Crippen LogP contribution in [-0.4, -0.2) is 16.0 Å². The van der Waals surface area contributed by atoms with Crippen LogP contribution in [0.4, 0.5) is 0 Å². The standard InChI is InChI=1S/C3H3BrCl2O/c4-3(5,6)2-1-7-2/h2H,1H2. The van der Waals surface area contributed by atoms with E-state index in [0.29, 0.717) is 6.61 Å². The monoisotopic (exact) mass is 204 g/mol. The summed E-state index contributed by atoms with van der Waals surface area (Å²) in [5.41, 5.74) is 0. The first-order valence-electron chi connectivity index (χ1n) is 1.79. The maximum Gasteiger partial charge on any atom is 0.200 e. The fourth-order valence-corrected chi connectivity index (χ4v) is 0.753. The molecule has 0 bridgehead atoms. The molecule has 1 nitrogen and oxygen atoms in total. The Bertz CT molecular complexity index is 75.5. The molecule has 1 aliphatic rings. The minimum Gasteiger partial charge on any atom is -0.369 e. The highest BCUT2D eigenvalue weighted by Gasteiger charge is 2.42. The molecule has 1 saturated heterocycles. The van der Waals surface area contributed by atoms with Gasteiger partial charge in [-0.25, -0.2) is 0 Å². The van der Waals surface area contributed by atoms with Crippen molar-refractivity contribution in [3.63, 3.8) is 0 Å².